The molecule has 0 aliphatic heterocycles. The number of nitrogens with one attached hydrogen (secondary N) is 2. The molecule has 0 fully saturated rings. The van der Waals surface area contributed by atoms with Gasteiger partial charge in [0.1, 0.15) is 23.0 Å². The van der Waals surface area contributed by atoms with Crippen molar-refractivity contribution in [3.63, 3.8) is 0 Å². The molecular weight excluding hydrogens is 540 g/mol. The molecule has 2 N–H and O–H groups in total. The number of amides is 2. The van der Waals surface area contributed by atoms with Gasteiger partial charge in [0.05, 0.1) is 9.79 Å². The molecule has 41 heavy (non-hydrogen) atoms. The smallest absolute Gasteiger partial charge is 0.250 e. The van der Waals surface area contributed by atoms with Crippen LogP contribution in [0.5, 0.6) is 23.0 Å². The molecule has 0 unspecified atom stereocenters. The topological polar surface area (TPSA) is 111 Å². The van der Waals surface area contributed by atoms with Gasteiger partial charge >= 0.3 is 0 Å². The lowest BCUT2D eigenvalue weighted by atomic mass is 10.2. The average molecular weight is 569 g/mol. The fourth-order valence-corrected chi connectivity index (χ4v) is 4.79. The van der Waals surface area contributed by atoms with Gasteiger partial charge in [-0.15, -0.1) is 0 Å². The third-order valence-electron chi connectivity index (χ3n) is 5.70. The summed E-state index contributed by atoms with van der Waals surface area (Å²) in [7, 11) is -3.80. The third-order valence-corrected chi connectivity index (χ3v) is 7.48. The Hall–Kier alpha value is -5.15. The van der Waals surface area contributed by atoms with Gasteiger partial charge in [0.15, 0.2) is 0 Å². The fraction of sp³-hybridized carbons (Fsp3) is 0.0625. The summed E-state index contributed by atoms with van der Waals surface area (Å²) in [6.45, 7) is 10.5. The van der Waals surface area contributed by atoms with E-state index in [4.69, 9.17) is 9.47 Å². The van der Waals surface area contributed by atoms with Crippen molar-refractivity contribution in [2.75, 3.05) is 10.6 Å². The zero-order chi connectivity index (χ0) is 29.6. The lowest BCUT2D eigenvalue weighted by molar-refractivity contribution is -0.113. The quantitative estimate of drug-likeness (QED) is 0.197. The highest BCUT2D eigenvalue weighted by Gasteiger charge is 2.18. The number of hydrogen-bond acceptors (Lipinski definition) is 6. The van der Waals surface area contributed by atoms with Crippen molar-refractivity contribution in [2.24, 2.45) is 0 Å². The number of ether oxygens (including phenoxy) is 2. The Labute approximate surface area is 238 Å². The number of rotatable bonds is 10. The zero-order valence-electron chi connectivity index (χ0n) is 22.5. The van der Waals surface area contributed by atoms with Crippen LogP contribution in [0.4, 0.5) is 11.4 Å². The first-order valence-electron chi connectivity index (χ1n) is 12.5. The molecule has 0 saturated carbocycles. The molecule has 208 valence electrons. The van der Waals surface area contributed by atoms with E-state index in [0.717, 1.165) is 0 Å². The minimum atomic E-state index is -3.80. The number of carbonyl (C=O) groups is 2. The van der Waals surface area contributed by atoms with Gasteiger partial charge in [0.25, 0.3) is 11.8 Å². The van der Waals surface area contributed by atoms with Crippen molar-refractivity contribution in [2.45, 2.75) is 23.6 Å². The number of benzene rings is 4. The summed E-state index contributed by atoms with van der Waals surface area (Å²) in [5.41, 5.74) is 1.85. The fourth-order valence-electron chi connectivity index (χ4n) is 3.53. The van der Waals surface area contributed by atoms with Gasteiger partial charge in [-0.3, -0.25) is 9.59 Å². The molecule has 4 rings (SSSR count). The minimum absolute atomic E-state index is 0.0990. The van der Waals surface area contributed by atoms with Gasteiger partial charge in [0.2, 0.25) is 9.84 Å². The van der Waals surface area contributed by atoms with Gasteiger partial charge in [-0.25, -0.2) is 8.42 Å². The standard InChI is InChI=1S/C32H28N2O6S/c1-21(2)31(35)33-23-7-5-9-27(19-23)39-25-11-15-29(16-12-25)41(37,38)30-17-13-26(14-18-30)40-28-10-6-8-24(20-28)34-32(36)22(3)4/h5-20H,1,3H2,2,4H3,(H,33,35)(H,34,36). The Morgan fingerprint density at radius 2 is 0.951 bits per heavy atom. The van der Waals surface area contributed by atoms with Crippen molar-refractivity contribution >= 4 is 33.0 Å². The van der Waals surface area contributed by atoms with E-state index >= 15 is 0 Å². The second-order valence-corrected chi connectivity index (χ2v) is 11.1. The molecule has 4 aromatic carbocycles. The van der Waals surface area contributed by atoms with Crippen LogP contribution in [0.2, 0.25) is 0 Å². The molecule has 2 amide bonds. The Balaban J connectivity index is 1.42. The Morgan fingerprint density at radius 1 is 0.585 bits per heavy atom. The van der Waals surface area contributed by atoms with Gasteiger partial charge in [0, 0.05) is 34.7 Å². The molecule has 0 heterocycles. The molecule has 0 atom stereocenters. The van der Waals surface area contributed by atoms with E-state index in [-0.39, 0.29) is 21.6 Å². The first-order valence-corrected chi connectivity index (χ1v) is 13.9. The third kappa shape index (κ3) is 7.49. The number of carbonyl (C=O) groups excluding carboxylic acids is 2. The van der Waals surface area contributed by atoms with Crippen LogP contribution in [0.1, 0.15) is 13.8 Å². The highest BCUT2D eigenvalue weighted by Crippen LogP contribution is 2.30. The molecule has 4 aromatic rings. The first-order chi connectivity index (χ1) is 19.5. The molecule has 0 spiro atoms. The first kappa shape index (κ1) is 28.8. The number of anilines is 2. The molecule has 8 nitrogen and oxygen atoms in total. The number of sulfone groups is 1. The van der Waals surface area contributed by atoms with E-state index in [1.807, 2.05) is 0 Å². The maximum absolute atomic E-state index is 13.2. The van der Waals surface area contributed by atoms with Crippen molar-refractivity contribution in [1.82, 2.24) is 0 Å². The van der Waals surface area contributed by atoms with E-state index in [1.54, 1.807) is 86.6 Å². The Bertz CT molecular complexity index is 1600. The lowest BCUT2D eigenvalue weighted by Gasteiger charge is -2.11. The molecule has 0 aliphatic carbocycles. The summed E-state index contributed by atoms with van der Waals surface area (Å²) in [6.07, 6.45) is 0. The lowest BCUT2D eigenvalue weighted by Crippen LogP contribution is -2.11. The summed E-state index contributed by atoms with van der Waals surface area (Å²) in [5.74, 6) is 1.21. The maximum Gasteiger partial charge on any atom is 0.250 e. The minimum Gasteiger partial charge on any atom is -0.457 e. The maximum atomic E-state index is 13.2. The molecule has 0 aliphatic rings. The number of hydrogen-bond donors (Lipinski definition) is 2. The van der Waals surface area contributed by atoms with Gasteiger partial charge in [-0.1, -0.05) is 25.3 Å². The highest BCUT2D eigenvalue weighted by molar-refractivity contribution is 7.91. The van der Waals surface area contributed by atoms with Crippen LogP contribution in [-0.4, -0.2) is 20.2 Å². The SMILES string of the molecule is C=C(C)C(=O)Nc1cccc(Oc2ccc(S(=O)(=O)c3ccc(Oc4cccc(NC(=O)C(=C)C)c4)cc3)cc2)c1. The summed E-state index contributed by atoms with van der Waals surface area (Å²) in [5, 5.41) is 5.44. The van der Waals surface area contributed by atoms with Crippen LogP contribution in [0.25, 0.3) is 0 Å². The summed E-state index contributed by atoms with van der Waals surface area (Å²) in [4.78, 5) is 23.9. The van der Waals surface area contributed by atoms with Crippen LogP contribution in [-0.2, 0) is 19.4 Å². The zero-order valence-corrected chi connectivity index (χ0v) is 23.3. The van der Waals surface area contributed by atoms with E-state index in [9.17, 15) is 18.0 Å². The predicted molar refractivity (Wildman–Crippen MR) is 158 cm³/mol. The van der Waals surface area contributed by atoms with E-state index in [1.165, 1.54) is 24.3 Å². The summed E-state index contributed by atoms with van der Waals surface area (Å²) in [6, 6.07) is 25.8. The Morgan fingerprint density at radius 3 is 1.29 bits per heavy atom. The second kappa shape index (κ2) is 12.4. The second-order valence-electron chi connectivity index (χ2n) is 9.17. The van der Waals surface area contributed by atoms with Crippen molar-refractivity contribution < 1.29 is 27.5 Å². The van der Waals surface area contributed by atoms with Crippen LogP contribution < -0.4 is 20.1 Å². The largest absolute Gasteiger partial charge is 0.457 e. The van der Waals surface area contributed by atoms with Gasteiger partial charge in [-0.05, 0) is 86.6 Å². The molecule has 0 bridgehead atoms. The molecular formula is C32H28N2O6S. The van der Waals surface area contributed by atoms with Crippen LogP contribution in [0.3, 0.4) is 0 Å². The van der Waals surface area contributed by atoms with Gasteiger partial charge < -0.3 is 20.1 Å². The summed E-state index contributed by atoms with van der Waals surface area (Å²) >= 11 is 0. The van der Waals surface area contributed by atoms with E-state index in [0.29, 0.717) is 45.5 Å². The van der Waals surface area contributed by atoms with E-state index in [2.05, 4.69) is 23.8 Å². The molecule has 9 heteroatoms. The van der Waals surface area contributed by atoms with Crippen LogP contribution in [0.15, 0.2) is 131 Å². The van der Waals surface area contributed by atoms with Gasteiger partial charge in [-0.2, -0.15) is 0 Å². The van der Waals surface area contributed by atoms with Crippen molar-refractivity contribution in [3.8, 4) is 23.0 Å². The van der Waals surface area contributed by atoms with Crippen LogP contribution >= 0.6 is 0 Å². The van der Waals surface area contributed by atoms with Crippen molar-refractivity contribution in [3.05, 3.63) is 121 Å². The van der Waals surface area contributed by atoms with Crippen LogP contribution in [0, 0.1) is 0 Å². The Kier molecular flexibility index (Phi) is 8.69. The average Bonchev–Trinajstić information content (AvgIpc) is 2.94. The normalized spacial score (nSPS) is 10.8. The summed E-state index contributed by atoms with van der Waals surface area (Å²) < 4.78 is 38.1. The monoisotopic (exact) mass is 568 g/mol. The molecule has 0 saturated heterocycles. The van der Waals surface area contributed by atoms with E-state index < -0.39 is 9.84 Å². The molecule has 0 radical (unpaired) electrons. The highest BCUT2D eigenvalue weighted by atomic mass is 32.2. The predicted octanol–water partition coefficient (Wildman–Crippen LogP) is 7.13. The van der Waals surface area contributed by atoms with Crippen molar-refractivity contribution in [1.29, 1.82) is 0 Å². The molecule has 0 aromatic heterocycles.